The Bertz CT molecular complexity index is 493. The van der Waals surface area contributed by atoms with Crippen molar-refractivity contribution in [1.29, 1.82) is 0 Å². The smallest absolute Gasteiger partial charge is 0.240 e. The zero-order valence-electron chi connectivity index (χ0n) is 11.6. The van der Waals surface area contributed by atoms with Crippen LogP contribution in [0.1, 0.15) is 26.7 Å². The lowest BCUT2D eigenvalue weighted by atomic mass is 9.96. The second-order valence-corrected chi connectivity index (χ2v) is 6.42. The van der Waals surface area contributed by atoms with Crippen molar-refractivity contribution in [1.82, 2.24) is 4.72 Å². The van der Waals surface area contributed by atoms with Gasteiger partial charge in [0.25, 0.3) is 0 Å². The molecule has 3 N–H and O–H groups in total. The first kappa shape index (κ1) is 15.9. The van der Waals surface area contributed by atoms with Crippen molar-refractivity contribution < 1.29 is 13.2 Å². The SMILES string of the molecule is CCC(N)(CC)COc1ccc(S(=O)(=O)NC)cc1. The Morgan fingerprint density at radius 3 is 2.16 bits per heavy atom. The predicted molar refractivity (Wildman–Crippen MR) is 75.7 cm³/mol. The minimum absolute atomic E-state index is 0.215. The molecular weight excluding hydrogens is 264 g/mol. The van der Waals surface area contributed by atoms with Crippen LogP contribution in [0, 0.1) is 0 Å². The van der Waals surface area contributed by atoms with Crippen molar-refractivity contribution in [2.45, 2.75) is 37.1 Å². The van der Waals surface area contributed by atoms with Gasteiger partial charge in [-0.2, -0.15) is 0 Å². The molecule has 0 aliphatic heterocycles. The Kier molecular flexibility index (Phi) is 5.34. The molecule has 1 aromatic carbocycles. The van der Waals surface area contributed by atoms with Crippen molar-refractivity contribution in [3.8, 4) is 5.75 Å². The Balaban J connectivity index is 2.73. The number of hydrogen-bond donors (Lipinski definition) is 2. The molecule has 0 aliphatic rings. The zero-order chi connectivity index (χ0) is 14.5. The minimum atomic E-state index is -3.40. The third-order valence-electron chi connectivity index (χ3n) is 3.34. The summed E-state index contributed by atoms with van der Waals surface area (Å²) in [6.45, 7) is 4.46. The Labute approximate surface area is 115 Å². The predicted octanol–water partition coefficient (Wildman–Crippen LogP) is 1.49. The van der Waals surface area contributed by atoms with Gasteiger partial charge in [0, 0.05) is 5.54 Å². The lowest BCUT2D eigenvalue weighted by Gasteiger charge is -2.26. The topological polar surface area (TPSA) is 81.4 Å². The second kappa shape index (κ2) is 6.36. The van der Waals surface area contributed by atoms with E-state index < -0.39 is 10.0 Å². The van der Waals surface area contributed by atoms with Crippen molar-refractivity contribution in [2.75, 3.05) is 13.7 Å². The van der Waals surface area contributed by atoms with Crippen molar-refractivity contribution in [3.05, 3.63) is 24.3 Å². The van der Waals surface area contributed by atoms with E-state index in [0.29, 0.717) is 12.4 Å². The Hall–Kier alpha value is -1.11. The monoisotopic (exact) mass is 286 g/mol. The summed E-state index contributed by atoms with van der Waals surface area (Å²) >= 11 is 0. The van der Waals surface area contributed by atoms with Gasteiger partial charge in [-0.3, -0.25) is 0 Å². The molecule has 1 rings (SSSR count). The van der Waals surface area contributed by atoms with Gasteiger partial charge in [0.15, 0.2) is 0 Å². The van der Waals surface area contributed by atoms with Gasteiger partial charge in [0.2, 0.25) is 10.0 Å². The van der Waals surface area contributed by atoms with Crippen LogP contribution in [0.4, 0.5) is 0 Å². The standard InChI is InChI=1S/C13H22N2O3S/c1-4-13(14,5-2)10-18-11-6-8-12(9-7-11)19(16,17)15-3/h6-9,15H,4-5,10,14H2,1-3H3. The molecule has 0 aromatic heterocycles. The number of nitrogens with one attached hydrogen (secondary N) is 1. The van der Waals surface area contributed by atoms with Crippen LogP contribution in [0.15, 0.2) is 29.2 Å². The van der Waals surface area contributed by atoms with Crippen LogP contribution in [-0.4, -0.2) is 27.6 Å². The van der Waals surface area contributed by atoms with E-state index in [2.05, 4.69) is 4.72 Å². The van der Waals surface area contributed by atoms with E-state index in [4.69, 9.17) is 10.5 Å². The maximum absolute atomic E-state index is 11.6. The van der Waals surface area contributed by atoms with Gasteiger partial charge in [0.1, 0.15) is 12.4 Å². The molecule has 19 heavy (non-hydrogen) atoms. The van der Waals surface area contributed by atoms with E-state index in [9.17, 15) is 8.42 Å². The van der Waals surface area contributed by atoms with Crippen LogP contribution in [-0.2, 0) is 10.0 Å². The molecule has 0 bridgehead atoms. The van der Waals surface area contributed by atoms with E-state index >= 15 is 0 Å². The van der Waals surface area contributed by atoms with Gasteiger partial charge in [0.05, 0.1) is 4.90 Å². The van der Waals surface area contributed by atoms with Gasteiger partial charge < -0.3 is 10.5 Å². The van der Waals surface area contributed by atoms with E-state index in [0.717, 1.165) is 12.8 Å². The average Bonchev–Trinajstić information content (AvgIpc) is 2.45. The maximum Gasteiger partial charge on any atom is 0.240 e. The lowest BCUT2D eigenvalue weighted by molar-refractivity contribution is 0.207. The molecule has 0 fully saturated rings. The molecule has 0 spiro atoms. The third kappa shape index (κ3) is 4.19. The zero-order valence-corrected chi connectivity index (χ0v) is 12.5. The number of sulfonamides is 1. The maximum atomic E-state index is 11.6. The summed E-state index contributed by atoms with van der Waals surface area (Å²) in [7, 11) is -2.02. The first-order valence-electron chi connectivity index (χ1n) is 6.32. The van der Waals surface area contributed by atoms with Gasteiger partial charge in [-0.25, -0.2) is 13.1 Å². The summed E-state index contributed by atoms with van der Waals surface area (Å²) in [5.41, 5.74) is 5.80. The second-order valence-electron chi connectivity index (χ2n) is 4.54. The molecule has 1 aromatic rings. The van der Waals surface area contributed by atoms with Crippen molar-refractivity contribution in [2.24, 2.45) is 5.73 Å². The van der Waals surface area contributed by atoms with E-state index in [1.54, 1.807) is 12.1 Å². The summed E-state index contributed by atoms with van der Waals surface area (Å²) in [5, 5.41) is 0. The number of nitrogens with two attached hydrogens (primary N) is 1. The number of hydrogen-bond acceptors (Lipinski definition) is 4. The third-order valence-corrected chi connectivity index (χ3v) is 4.77. The first-order chi connectivity index (χ1) is 8.87. The molecule has 0 saturated carbocycles. The number of ether oxygens (including phenoxy) is 1. The van der Waals surface area contributed by atoms with Crippen LogP contribution in [0.5, 0.6) is 5.75 Å². The fourth-order valence-corrected chi connectivity index (χ4v) is 2.24. The minimum Gasteiger partial charge on any atom is -0.492 e. The summed E-state index contributed by atoms with van der Waals surface area (Å²) in [4.78, 5) is 0.215. The molecular formula is C13H22N2O3S. The van der Waals surface area contributed by atoms with Gasteiger partial charge in [-0.1, -0.05) is 13.8 Å². The quantitative estimate of drug-likeness (QED) is 0.795. The van der Waals surface area contributed by atoms with Crippen molar-refractivity contribution in [3.63, 3.8) is 0 Å². The molecule has 0 aliphatic carbocycles. The normalized spacial score (nSPS) is 12.4. The largest absolute Gasteiger partial charge is 0.492 e. The summed E-state index contributed by atoms with van der Waals surface area (Å²) < 4.78 is 31.0. The van der Waals surface area contributed by atoms with E-state index in [1.165, 1.54) is 19.2 Å². The molecule has 0 unspecified atom stereocenters. The average molecular weight is 286 g/mol. The molecule has 5 nitrogen and oxygen atoms in total. The van der Waals surface area contributed by atoms with Gasteiger partial charge in [-0.15, -0.1) is 0 Å². The van der Waals surface area contributed by atoms with Crippen LogP contribution in [0.3, 0.4) is 0 Å². The molecule has 108 valence electrons. The van der Waals surface area contributed by atoms with E-state index in [1.807, 2.05) is 13.8 Å². The van der Waals surface area contributed by atoms with Gasteiger partial charge in [-0.05, 0) is 44.2 Å². The highest BCUT2D eigenvalue weighted by Gasteiger charge is 2.21. The number of benzene rings is 1. The lowest BCUT2D eigenvalue weighted by Crippen LogP contribution is -2.44. The molecule has 0 saturated heterocycles. The van der Waals surface area contributed by atoms with E-state index in [-0.39, 0.29) is 10.4 Å². The highest BCUT2D eigenvalue weighted by atomic mass is 32.2. The van der Waals surface area contributed by atoms with Crippen LogP contribution in [0.2, 0.25) is 0 Å². The van der Waals surface area contributed by atoms with Gasteiger partial charge >= 0.3 is 0 Å². The fraction of sp³-hybridized carbons (Fsp3) is 0.538. The number of rotatable bonds is 7. The summed E-state index contributed by atoms with van der Waals surface area (Å²) in [6.07, 6.45) is 1.66. The van der Waals surface area contributed by atoms with Crippen LogP contribution in [0.25, 0.3) is 0 Å². The highest BCUT2D eigenvalue weighted by molar-refractivity contribution is 7.89. The van der Waals surface area contributed by atoms with Crippen LogP contribution < -0.4 is 15.2 Å². The molecule has 0 amide bonds. The van der Waals surface area contributed by atoms with Crippen molar-refractivity contribution >= 4 is 10.0 Å². The first-order valence-corrected chi connectivity index (χ1v) is 7.80. The van der Waals surface area contributed by atoms with Crippen LogP contribution >= 0.6 is 0 Å². The fourth-order valence-electron chi connectivity index (χ4n) is 1.51. The Morgan fingerprint density at radius 2 is 1.74 bits per heavy atom. The summed E-state index contributed by atoms with van der Waals surface area (Å²) in [5.74, 6) is 0.617. The molecule has 6 heteroatoms. The molecule has 0 heterocycles. The Morgan fingerprint density at radius 1 is 1.21 bits per heavy atom. The molecule has 0 radical (unpaired) electrons. The summed E-state index contributed by atoms with van der Waals surface area (Å²) in [6, 6.07) is 6.29. The highest BCUT2D eigenvalue weighted by Crippen LogP contribution is 2.18. The molecule has 0 atom stereocenters.